The van der Waals surface area contributed by atoms with Gasteiger partial charge in [-0.3, -0.25) is 4.79 Å². The normalized spacial score (nSPS) is 10.3. The summed E-state index contributed by atoms with van der Waals surface area (Å²) in [6.45, 7) is 5.81. The number of hydrogen-bond acceptors (Lipinski definition) is 3. The number of amides is 1. The molecule has 0 atom stereocenters. The molecule has 1 heterocycles. The number of rotatable bonds is 2. The highest BCUT2D eigenvalue weighted by Crippen LogP contribution is 2.14. The Kier molecular flexibility index (Phi) is 3.51. The van der Waals surface area contributed by atoms with Gasteiger partial charge in [-0.05, 0) is 56.2 Å². The van der Waals surface area contributed by atoms with E-state index < -0.39 is 0 Å². The number of aromatic nitrogens is 1. The van der Waals surface area contributed by atoms with E-state index in [0.717, 1.165) is 11.1 Å². The number of anilines is 2. The van der Waals surface area contributed by atoms with Crippen molar-refractivity contribution in [3.63, 3.8) is 0 Å². The van der Waals surface area contributed by atoms with Gasteiger partial charge in [-0.1, -0.05) is 6.07 Å². The zero-order chi connectivity index (χ0) is 14.0. The van der Waals surface area contributed by atoms with E-state index in [2.05, 4.69) is 10.3 Å². The van der Waals surface area contributed by atoms with Crippen LogP contribution in [0.2, 0.25) is 0 Å². The molecule has 0 aliphatic heterocycles. The minimum absolute atomic E-state index is 0.167. The van der Waals surface area contributed by atoms with Gasteiger partial charge >= 0.3 is 0 Å². The Morgan fingerprint density at radius 1 is 1.11 bits per heavy atom. The molecule has 0 aliphatic carbocycles. The lowest BCUT2D eigenvalue weighted by molar-refractivity contribution is 0.102. The van der Waals surface area contributed by atoms with Gasteiger partial charge in [0.05, 0.1) is 11.4 Å². The van der Waals surface area contributed by atoms with Crippen molar-refractivity contribution in [3.8, 4) is 0 Å². The van der Waals surface area contributed by atoms with Crippen LogP contribution in [-0.4, -0.2) is 10.9 Å². The van der Waals surface area contributed by atoms with Crippen LogP contribution in [0.1, 0.15) is 27.2 Å². The second kappa shape index (κ2) is 5.10. The number of nitrogens with zero attached hydrogens (tertiary/aromatic N) is 1. The van der Waals surface area contributed by atoms with Gasteiger partial charge in [0.25, 0.3) is 5.91 Å². The van der Waals surface area contributed by atoms with Crippen LogP contribution in [0.5, 0.6) is 0 Å². The number of benzene rings is 1. The Hall–Kier alpha value is -2.36. The van der Waals surface area contributed by atoms with E-state index >= 15 is 0 Å². The van der Waals surface area contributed by atoms with Crippen molar-refractivity contribution in [2.45, 2.75) is 20.8 Å². The van der Waals surface area contributed by atoms with E-state index in [1.165, 1.54) is 0 Å². The van der Waals surface area contributed by atoms with Crippen LogP contribution >= 0.6 is 0 Å². The average Bonchev–Trinajstić information content (AvgIpc) is 2.37. The zero-order valence-corrected chi connectivity index (χ0v) is 11.3. The third-order valence-electron chi connectivity index (χ3n) is 3.14. The van der Waals surface area contributed by atoms with Gasteiger partial charge in [0, 0.05) is 5.56 Å². The van der Waals surface area contributed by atoms with Crippen molar-refractivity contribution in [2.24, 2.45) is 0 Å². The summed E-state index contributed by atoms with van der Waals surface area (Å²) in [6, 6.07) is 9.04. The Bertz CT molecular complexity index is 635. The number of nitrogens with two attached hydrogens (primary N) is 1. The summed E-state index contributed by atoms with van der Waals surface area (Å²) in [6.07, 6.45) is 0. The molecule has 1 aromatic heterocycles. The van der Waals surface area contributed by atoms with E-state index in [1.807, 2.05) is 32.0 Å². The quantitative estimate of drug-likeness (QED) is 0.867. The number of hydrogen-bond donors (Lipinski definition) is 2. The van der Waals surface area contributed by atoms with E-state index in [9.17, 15) is 4.79 Å². The van der Waals surface area contributed by atoms with E-state index in [4.69, 9.17) is 5.73 Å². The van der Waals surface area contributed by atoms with Crippen LogP contribution < -0.4 is 11.1 Å². The molecule has 4 nitrogen and oxygen atoms in total. The third-order valence-corrected chi connectivity index (χ3v) is 3.14. The Labute approximate surface area is 112 Å². The average molecular weight is 255 g/mol. The highest BCUT2D eigenvalue weighted by Gasteiger charge is 2.08. The van der Waals surface area contributed by atoms with Gasteiger partial charge < -0.3 is 11.1 Å². The maximum absolute atomic E-state index is 12.1. The van der Waals surface area contributed by atoms with Crippen molar-refractivity contribution in [1.29, 1.82) is 0 Å². The number of carbonyl (C=O) groups excluding carboxylic acids is 1. The van der Waals surface area contributed by atoms with Crippen LogP contribution in [0.25, 0.3) is 0 Å². The van der Waals surface area contributed by atoms with Crippen LogP contribution in [0.3, 0.4) is 0 Å². The lowest BCUT2D eigenvalue weighted by Crippen LogP contribution is -2.13. The van der Waals surface area contributed by atoms with Gasteiger partial charge in [0.2, 0.25) is 0 Å². The predicted molar refractivity (Wildman–Crippen MR) is 77.3 cm³/mol. The first-order chi connectivity index (χ1) is 8.97. The largest absolute Gasteiger partial charge is 0.397 e. The van der Waals surface area contributed by atoms with Crippen molar-refractivity contribution < 1.29 is 4.79 Å². The molecule has 0 unspecified atom stereocenters. The molecule has 0 radical (unpaired) electrons. The maximum atomic E-state index is 12.1. The topological polar surface area (TPSA) is 68.0 Å². The van der Waals surface area contributed by atoms with E-state index in [0.29, 0.717) is 22.8 Å². The lowest BCUT2D eigenvalue weighted by Gasteiger charge is -2.08. The molecule has 0 saturated carbocycles. The summed E-state index contributed by atoms with van der Waals surface area (Å²) in [5.41, 5.74) is 9.89. The van der Waals surface area contributed by atoms with Crippen LogP contribution in [-0.2, 0) is 0 Å². The fourth-order valence-electron chi connectivity index (χ4n) is 1.71. The molecule has 2 rings (SSSR count). The van der Waals surface area contributed by atoms with E-state index in [1.54, 1.807) is 19.1 Å². The van der Waals surface area contributed by atoms with Crippen molar-refractivity contribution in [3.05, 3.63) is 52.7 Å². The minimum Gasteiger partial charge on any atom is -0.397 e. The standard InChI is InChI=1S/C15H17N3O/c1-9-4-5-12(8-10(9)2)15(19)18-14-7-6-13(16)11(3)17-14/h4-8H,16H2,1-3H3,(H,17,18,19). The second-order valence-electron chi connectivity index (χ2n) is 4.62. The number of pyridine rings is 1. The number of aryl methyl sites for hydroxylation is 3. The maximum Gasteiger partial charge on any atom is 0.256 e. The SMILES string of the molecule is Cc1ccc(C(=O)Nc2ccc(N)c(C)n2)cc1C. The first kappa shape index (κ1) is 13.1. The van der Waals surface area contributed by atoms with Crippen LogP contribution in [0.15, 0.2) is 30.3 Å². The minimum atomic E-state index is -0.167. The Morgan fingerprint density at radius 2 is 1.84 bits per heavy atom. The molecule has 0 saturated heterocycles. The molecule has 4 heteroatoms. The van der Waals surface area contributed by atoms with Gasteiger partial charge in [0.15, 0.2) is 0 Å². The predicted octanol–water partition coefficient (Wildman–Crippen LogP) is 2.84. The first-order valence-corrected chi connectivity index (χ1v) is 6.09. The highest BCUT2D eigenvalue weighted by atomic mass is 16.1. The highest BCUT2D eigenvalue weighted by molar-refractivity contribution is 6.04. The molecule has 19 heavy (non-hydrogen) atoms. The zero-order valence-electron chi connectivity index (χ0n) is 11.3. The van der Waals surface area contributed by atoms with Crippen molar-refractivity contribution in [2.75, 3.05) is 11.1 Å². The fourth-order valence-corrected chi connectivity index (χ4v) is 1.71. The van der Waals surface area contributed by atoms with E-state index in [-0.39, 0.29) is 5.91 Å². The molecule has 0 spiro atoms. The fraction of sp³-hybridized carbons (Fsp3) is 0.200. The second-order valence-corrected chi connectivity index (χ2v) is 4.62. The molecule has 2 aromatic rings. The van der Waals surface area contributed by atoms with Gasteiger partial charge in [-0.15, -0.1) is 0 Å². The summed E-state index contributed by atoms with van der Waals surface area (Å²) in [5.74, 6) is 0.342. The molecule has 98 valence electrons. The number of nitrogens with one attached hydrogen (secondary N) is 1. The van der Waals surface area contributed by atoms with Crippen LogP contribution in [0.4, 0.5) is 11.5 Å². The van der Waals surface area contributed by atoms with Gasteiger partial charge in [-0.2, -0.15) is 0 Å². The molecule has 1 aromatic carbocycles. The monoisotopic (exact) mass is 255 g/mol. The van der Waals surface area contributed by atoms with Crippen LogP contribution in [0, 0.1) is 20.8 Å². The molecule has 0 bridgehead atoms. The molecule has 1 amide bonds. The lowest BCUT2D eigenvalue weighted by atomic mass is 10.1. The van der Waals surface area contributed by atoms with Crippen molar-refractivity contribution >= 4 is 17.4 Å². The Morgan fingerprint density at radius 3 is 2.47 bits per heavy atom. The molecule has 0 aliphatic rings. The van der Waals surface area contributed by atoms with Gasteiger partial charge in [0.1, 0.15) is 5.82 Å². The summed E-state index contributed by atoms with van der Waals surface area (Å²) in [4.78, 5) is 16.3. The summed E-state index contributed by atoms with van der Waals surface area (Å²) in [5, 5.41) is 2.77. The summed E-state index contributed by atoms with van der Waals surface area (Å²) < 4.78 is 0. The third kappa shape index (κ3) is 2.91. The summed E-state index contributed by atoms with van der Waals surface area (Å²) in [7, 11) is 0. The molecular weight excluding hydrogens is 238 g/mol. The Balaban J connectivity index is 2.20. The smallest absolute Gasteiger partial charge is 0.256 e. The van der Waals surface area contributed by atoms with Crippen molar-refractivity contribution in [1.82, 2.24) is 4.98 Å². The molecular formula is C15H17N3O. The number of carbonyl (C=O) groups is 1. The van der Waals surface area contributed by atoms with Gasteiger partial charge in [-0.25, -0.2) is 4.98 Å². The number of nitrogen functional groups attached to an aromatic ring is 1. The first-order valence-electron chi connectivity index (χ1n) is 6.09. The summed E-state index contributed by atoms with van der Waals surface area (Å²) >= 11 is 0. The molecule has 3 N–H and O–H groups in total. The molecule has 0 fully saturated rings.